The first-order valence-electron chi connectivity index (χ1n) is 4.98. The molecule has 0 saturated heterocycles. The molecule has 15 heavy (non-hydrogen) atoms. The number of aliphatic hydroxyl groups excluding tert-OH is 4. The van der Waals surface area contributed by atoms with E-state index in [9.17, 15) is 15.3 Å². The van der Waals surface area contributed by atoms with Crippen LogP contribution in [0.1, 0.15) is 6.42 Å². The summed E-state index contributed by atoms with van der Waals surface area (Å²) in [6.07, 6.45) is -3.35. The minimum absolute atomic E-state index is 0.0519. The molecule has 0 aliphatic rings. The summed E-state index contributed by atoms with van der Waals surface area (Å²) in [6, 6.07) is 0. The first-order valence-corrected chi connectivity index (χ1v) is 4.98. The molecular weight excluding hydrogens is 202 g/mol. The van der Waals surface area contributed by atoms with Crippen LogP contribution in [-0.4, -0.2) is 72.2 Å². The topological polar surface area (TPSA) is 102 Å². The predicted octanol–water partition coefficient (Wildman–Crippen LogP) is -2.31. The second-order valence-electron chi connectivity index (χ2n) is 3.33. The van der Waals surface area contributed by atoms with E-state index in [1.54, 1.807) is 7.11 Å². The van der Waals surface area contributed by atoms with Crippen LogP contribution in [0, 0.1) is 0 Å². The molecule has 0 amide bonds. The Kier molecular flexibility index (Phi) is 8.88. The number of aliphatic hydroxyl groups is 4. The summed E-state index contributed by atoms with van der Waals surface area (Å²) in [5.74, 6) is 0. The highest BCUT2D eigenvalue weighted by molar-refractivity contribution is 4.76. The molecule has 0 aliphatic carbocycles. The number of nitrogens with one attached hydrogen (secondary N) is 1. The van der Waals surface area contributed by atoms with Gasteiger partial charge in [0.25, 0.3) is 0 Å². The van der Waals surface area contributed by atoms with E-state index in [4.69, 9.17) is 9.84 Å². The molecule has 0 saturated carbocycles. The Balaban J connectivity index is 3.63. The van der Waals surface area contributed by atoms with Gasteiger partial charge in [-0.1, -0.05) is 0 Å². The molecular formula is C9H21NO5. The van der Waals surface area contributed by atoms with E-state index in [0.29, 0.717) is 13.2 Å². The highest BCUT2D eigenvalue weighted by Crippen LogP contribution is 2.03. The van der Waals surface area contributed by atoms with Crippen LogP contribution in [0.25, 0.3) is 0 Å². The first kappa shape index (κ1) is 14.8. The molecule has 5 N–H and O–H groups in total. The van der Waals surface area contributed by atoms with Gasteiger partial charge in [0.05, 0.1) is 18.8 Å². The maximum absolute atomic E-state index is 9.42. The zero-order chi connectivity index (χ0) is 11.7. The maximum Gasteiger partial charge on any atom is 0.107 e. The highest BCUT2D eigenvalue weighted by atomic mass is 16.5. The smallest absolute Gasteiger partial charge is 0.107 e. The zero-order valence-corrected chi connectivity index (χ0v) is 8.96. The van der Waals surface area contributed by atoms with Gasteiger partial charge in [0, 0.05) is 26.8 Å². The van der Waals surface area contributed by atoms with Gasteiger partial charge >= 0.3 is 0 Å². The lowest BCUT2D eigenvalue weighted by Gasteiger charge is -2.22. The number of methoxy groups -OCH3 is 1. The summed E-state index contributed by atoms with van der Waals surface area (Å²) in [5, 5.41) is 39.5. The van der Waals surface area contributed by atoms with Crippen molar-refractivity contribution in [2.75, 3.05) is 33.4 Å². The average molecular weight is 223 g/mol. The predicted molar refractivity (Wildman–Crippen MR) is 54.5 cm³/mol. The number of ether oxygens (including phenoxy) is 1. The van der Waals surface area contributed by atoms with E-state index in [1.807, 2.05) is 0 Å². The van der Waals surface area contributed by atoms with E-state index < -0.39 is 18.3 Å². The Bertz CT molecular complexity index is 146. The van der Waals surface area contributed by atoms with E-state index in [0.717, 1.165) is 0 Å². The summed E-state index contributed by atoms with van der Waals surface area (Å²) < 4.78 is 4.78. The molecule has 0 radical (unpaired) electrons. The highest BCUT2D eigenvalue weighted by Gasteiger charge is 2.23. The molecule has 6 heteroatoms. The fourth-order valence-electron chi connectivity index (χ4n) is 1.10. The summed E-state index contributed by atoms with van der Waals surface area (Å²) in [5.41, 5.74) is 0. The van der Waals surface area contributed by atoms with Gasteiger partial charge in [-0.2, -0.15) is 0 Å². The van der Waals surface area contributed by atoms with Crippen molar-refractivity contribution in [3.8, 4) is 0 Å². The normalized spacial score (nSPS) is 17.4. The van der Waals surface area contributed by atoms with E-state index in [-0.39, 0.29) is 19.6 Å². The van der Waals surface area contributed by atoms with Crippen LogP contribution < -0.4 is 5.32 Å². The molecule has 0 aliphatic heterocycles. The van der Waals surface area contributed by atoms with Crippen LogP contribution in [0.15, 0.2) is 0 Å². The monoisotopic (exact) mass is 223 g/mol. The van der Waals surface area contributed by atoms with Gasteiger partial charge in [-0.05, 0) is 6.42 Å². The van der Waals surface area contributed by atoms with Gasteiger partial charge < -0.3 is 30.5 Å². The van der Waals surface area contributed by atoms with E-state index >= 15 is 0 Å². The quantitative estimate of drug-likeness (QED) is 0.281. The SMILES string of the molecule is COCCNCC(O)C(O)C(O)CCO. The van der Waals surface area contributed by atoms with Crippen LogP contribution in [0.5, 0.6) is 0 Å². The molecule has 0 spiro atoms. The van der Waals surface area contributed by atoms with Gasteiger partial charge in [-0.25, -0.2) is 0 Å². The van der Waals surface area contributed by atoms with Gasteiger partial charge in [-0.3, -0.25) is 0 Å². The van der Waals surface area contributed by atoms with Crippen molar-refractivity contribution in [2.45, 2.75) is 24.7 Å². The average Bonchev–Trinajstić information content (AvgIpc) is 2.23. The maximum atomic E-state index is 9.42. The third kappa shape index (κ3) is 6.77. The zero-order valence-electron chi connectivity index (χ0n) is 8.96. The molecule has 92 valence electrons. The van der Waals surface area contributed by atoms with E-state index in [1.165, 1.54) is 0 Å². The van der Waals surface area contributed by atoms with Gasteiger partial charge in [0.15, 0.2) is 0 Å². The minimum atomic E-state index is -1.24. The van der Waals surface area contributed by atoms with Crippen molar-refractivity contribution in [1.29, 1.82) is 0 Å². The molecule has 0 bridgehead atoms. The van der Waals surface area contributed by atoms with Crippen LogP contribution in [0.4, 0.5) is 0 Å². The summed E-state index contributed by atoms with van der Waals surface area (Å²) >= 11 is 0. The molecule has 0 aromatic rings. The molecule has 0 aromatic heterocycles. The van der Waals surface area contributed by atoms with Crippen molar-refractivity contribution >= 4 is 0 Å². The molecule has 0 rings (SSSR count). The van der Waals surface area contributed by atoms with Gasteiger partial charge in [0.2, 0.25) is 0 Å². The Morgan fingerprint density at radius 3 is 2.40 bits per heavy atom. The molecule has 0 aromatic carbocycles. The summed E-state index contributed by atoms with van der Waals surface area (Å²) in [4.78, 5) is 0. The first-order chi connectivity index (χ1) is 7.13. The fraction of sp³-hybridized carbons (Fsp3) is 1.00. The Morgan fingerprint density at radius 2 is 1.87 bits per heavy atom. The fourth-order valence-corrected chi connectivity index (χ4v) is 1.10. The molecule has 3 unspecified atom stereocenters. The largest absolute Gasteiger partial charge is 0.396 e. The Labute approximate surface area is 89.5 Å². The number of hydrogen-bond acceptors (Lipinski definition) is 6. The lowest BCUT2D eigenvalue weighted by Crippen LogP contribution is -2.44. The van der Waals surface area contributed by atoms with Crippen LogP contribution in [0.2, 0.25) is 0 Å². The lowest BCUT2D eigenvalue weighted by molar-refractivity contribution is -0.0644. The second kappa shape index (κ2) is 9.02. The van der Waals surface area contributed by atoms with E-state index in [2.05, 4.69) is 5.32 Å². The molecule has 0 fully saturated rings. The Morgan fingerprint density at radius 1 is 1.20 bits per heavy atom. The summed E-state index contributed by atoms with van der Waals surface area (Å²) in [6.45, 7) is 1.04. The molecule has 6 nitrogen and oxygen atoms in total. The third-order valence-electron chi connectivity index (χ3n) is 2.05. The third-order valence-corrected chi connectivity index (χ3v) is 2.05. The Hall–Kier alpha value is -0.240. The minimum Gasteiger partial charge on any atom is -0.396 e. The van der Waals surface area contributed by atoms with Crippen molar-refractivity contribution in [2.24, 2.45) is 0 Å². The van der Waals surface area contributed by atoms with Crippen LogP contribution in [-0.2, 0) is 4.74 Å². The van der Waals surface area contributed by atoms with Crippen LogP contribution >= 0.6 is 0 Å². The van der Waals surface area contributed by atoms with Crippen molar-refractivity contribution in [3.05, 3.63) is 0 Å². The number of hydrogen-bond donors (Lipinski definition) is 5. The lowest BCUT2D eigenvalue weighted by atomic mass is 10.1. The van der Waals surface area contributed by atoms with Crippen molar-refractivity contribution in [3.63, 3.8) is 0 Å². The molecule has 0 heterocycles. The van der Waals surface area contributed by atoms with Crippen LogP contribution in [0.3, 0.4) is 0 Å². The second-order valence-corrected chi connectivity index (χ2v) is 3.33. The number of rotatable bonds is 9. The summed E-state index contributed by atoms with van der Waals surface area (Å²) in [7, 11) is 1.57. The molecule has 3 atom stereocenters. The van der Waals surface area contributed by atoms with Crippen molar-refractivity contribution in [1.82, 2.24) is 5.32 Å². The van der Waals surface area contributed by atoms with Gasteiger partial charge in [-0.15, -0.1) is 0 Å². The van der Waals surface area contributed by atoms with Gasteiger partial charge in [0.1, 0.15) is 6.10 Å². The standard InChI is InChI=1S/C9H21NO5/c1-15-5-3-10-6-8(13)9(14)7(12)2-4-11/h7-14H,2-6H2,1H3. The van der Waals surface area contributed by atoms with Crippen molar-refractivity contribution < 1.29 is 25.2 Å².